The highest BCUT2D eigenvalue weighted by atomic mass is 35.5. The second-order valence-electron chi connectivity index (χ2n) is 3.16. The van der Waals surface area contributed by atoms with E-state index in [-0.39, 0.29) is 10.8 Å². The molecule has 1 N–H and O–H groups in total. The molecule has 1 heterocycles. The number of carbonyl (C=O) groups excluding carboxylic acids is 1. The summed E-state index contributed by atoms with van der Waals surface area (Å²) in [5, 5.41) is 1.07. The summed E-state index contributed by atoms with van der Waals surface area (Å²) < 4.78 is 36.8. The van der Waals surface area contributed by atoms with Gasteiger partial charge in [-0.15, -0.1) is 11.6 Å². The first-order valence-corrected chi connectivity index (χ1v) is 5.21. The molecule has 0 fully saturated rings. The molecule has 0 bridgehead atoms. The van der Waals surface area contributed by atoms with Crippen LogP contribution in [0.1, 0.15) is 12.5 Å². The fourth-order valence-electron chi connectivity index (χ4n) is 0.901. The first-order chi connectivity index (χ1) is 7.71. The molecule has 1 rings (SSSR count). The monoisotopic (exact) mass is 286 g/mol. The number of alkyl halides is 4. The Hall–Kier alpha value is -1.01. The maximum atomic E-state index is 12.3. The smallest absolute Gasteiger partial charge is 0.308 e. The molecule has 3 nitrogen and oxygen atoms in total. The van der Waals surface area contributed by atoms with Gasteiger partial charge in [0, 0.05) is 6.20 Å². The number of rotatable bonds is 2. The Bertz CT molecular complexity index is 435. The summed E-state index contributed by atoms with van der Waals surface area (Å²) in [6, 6.07) is 0.684. The largest absolute Gasteiger partial charge is 0.417 e. The van der Waals surface area contributed by atoms with Crippen LogP contribution >= 0.6 is 23.2 Å². The van der Waals surface area contributed by atoms with Gasteiger partial charge in [-0.05, 0) is 13.0 Å². The van der Waals surface area contributed by atoms with Crippen molar-refractivity contribution in [3.63, 3.8) is 0 Å². The van der Waals surface area contributed by atoms with E-state index in [9.17, 15) is 18.0 Å². The van der Waals surface area contributed by atoms with Crippen LogP contribution in [0.25, 0.3) is 0 Å². The van der Waals surface area contributed by atoms with Crippen molar-refractivity contribution in [2.75, 3.05) is 5.32 Å². The molecule has 0 aliphatic heterocycles. The van der Waals surface area contributed by atoms with Gasteiger partial charge in [0.15, 0.2) is 5.82 Å². The lowest BCUT2D eigenvalue weighted by Crippen LogP contribution is -2.21. The van der Waals surface area contributed by atoms with E-state index in [1.54, 1.807) is 0 Å². The van der Waals surface area contributed by atoms with Crippen LogP contribution in [-0.2, 0) is 11.0 Å². The lowest BCUT2D eigenvalue weighted by atomic mass is 10.2. The molecule has 0 spiro atoms. The van der Waals surface area contributed by atoms with E-state index in [2.05, 4.69) is 10.3 Å². The van der Waals surface area contributed by atoms with Crippen molar-refractivity contribution in [2.24, 2.45) is 0 Å². The number of hydrogen-bond donors (Lipinski definition) is 1. The third-order valence-corrected chi connectivity index (χ3v) is 2.26. The molecule has 0 aromatic carbocycles. The topological polar surface area (TPSA) is 42.0 Å². The van der Waals surface area contributed by atoms with Gasteiger partial charge in [-0.1, -0.05) is 11.6 Å². The van der Waals surface area contributed by atoms with Crippen LogP contribution in [0.4, 0.5) is 19.0 Å². The van der Waals surface area contributed by atoms with Crippen molar-refractivity contribution >= 4 is 34.9 Å². The van der Waals surface area contributed by atoms with Gasteiger partial charge in [-0.3, -0.25) is 4.79 Å². The van der Waals surface area contributed by atoms with Gasteiger partial charge in [0.1, 0.15) is 5.38 Å². The van der Waals surface area contributed by atoms with E-state index < -0.39 is 23.0 Å². The SMILES string of the molecule is C[C@H](Cl)C(=O)Nc1ncc(C(F)(F)F)cc1Cl. The van der Waals surface area contributed by atoms with Crippen molar-refractivity contribution in [1.82, 2.24) is 4.98 Å². The van der Waals surface area contributed by atoms with E-state index in [4.69, 9.17) is 23.2 Å². The number of anilines is 1. The minimum atomic E-state index is -4.53. The van der Waals surface area contributed by atoms with Crippen molar-refractivity contribution in [1.29, 1.82) is 0 Å². The van der Waals surface area contributed by atoms with Crippen LogP contribution in [0.5, 0.6) is 0 Å². The molecule has 0 aliphatic carbocycles. The number of amides is 1. The second-order valence-corrected chi connectivity index (χ2v) is 4.22. The number of halogens is 5. The third-order valence-electron chi connectivity index (χ3n) is 1.77. The van der Waals surface area contributed by atoms with Crippen LogP contribution in [0.15, 0.2) is 12.3 Å². The van der Waals surface area contributed by atoms with E-state index in [0.717, 1.165) is 0 Å². The van der Waals surface area contributed by atoms with Gasteiger partial charge in [0.05, 0.1) is 10.6 Å². The summed E-state index contributed by atoms with van der Waals surface area (Å²) in [5.74, 6) is -0.752. The molecular weight excluding hydrogens is 280 g/mol. The quantitative estimate of drug-likeness (QED) is 0.848. The van der Waals surface area contributed by atoms with Gasteiger partial charge in [0.25, 0.3) is 0 Å². The van der Waals surface area contributed by atoms with Gasteiger partial charge in [0.2, 0.25) is 5.91 Å². The first kappa shape index (κ1) is 14.1. The average Bonchev–Trinajstić information content (AvgIpc) is 2.19. The van der Waals surface area contributed by atoms with Gasteiger partial charge in [-0.2, -0.15) is 13.2 Å². The Labute approximate surface area is 105 Å². The number of carbonyl (C=O) groups is 1. The van der Waals surface area contributed by atoms with Crippen molar-refractivity contribution in [3.05, 3.63) is 22.8 Å². The molecule has 94 valence electrons. The lowest BCUT2D eigenvalue weighted by molar-refractivity contribution is -0.137. The Balaban J connectivity index is 2.95. The molecule has 0 saturated heterocycles. The zero-order chi connectivity index (χ0) is 13.2. The van der Waals surface area contributed by atoms with E-state index in [0.29, 0.717) is 12.3 Å². The Kier molecular flexibility index (Phi) is 4.21. The molecule has 0 saturated carbocycles. The lowest BCUT2D eigenvalue weighted by Gasteiger charge is -2.10. The minimum Gasteiger partial charge on any atom is -0.308 e. The van der Waals surface area contributed by atoms with Crippen LogP contribution in [0, 0.1) is 0 Å². The second kappa shape index (κ2) is 5.10. The molecule has 0 radical (unpaired) electrons. The molecule has 0 unspecified atom stereocenters. The third kappa shape index (κ3) is 3.74. The maximum Gasteiger partial charge on any atom is 0.417 e. The highest BCUT2D eigenvalue weighted by Crippen LogP contribution is 2.32. The number of pyridine rings is 1. The Morgan fingerprint density at radius 2 is 2.12 bits per heavy atom. The molecule has 1 atom stereocenters. The zero-order valence-electron chi connectivity index (χ0n) is 8.48. The van der Waals surface area contributed by atoms with Crippen molar-refractivity contribution < 1.29 is 18.0 Å². The number of hydrogen-bond acceptors (Lipinski definition) is 2. The maximum absolute atomic E-state index is 12.3. The summed E-state index contributed by atoms with van der Waals surface area (Å²) >= 11 is 11.0. The van der Waals surface area contributed by atoms with Gasteiger partial charge in [-0.25, -0.2) is 4.98 Å². The zero-order valence-corrected chi connectivity index (χ0v) is 9.99. The molecule has 0 aliphatic rings. The molecule has 17 heavy (non-hydrogen) atoms. The van der Waals surface area contributed by atoms with Gasteiger partial charge < -0.3 is 5.32 Å². The standard InChI is InChI=1S/C9H7Cl2F3N2O/c1-4(10)8(17)16-7-6(11)2-5(3-15-7)9(12,13)14/h2-4H,1H3,(H,15,16,17)/t4-/m0/s1. The number of nitrogens with one attached hydrogen (secondary N) is 1. The van der Waals surface area contributed by atoms with Crippen LogP contribution < -0.4 is 5.32 Å². The summed E-state index contributed by atoms with van der Waals surface area (Å²) in [6.45, 7) is 1.41. The van der Waals surface area contributed by atoms with E-state index in [1.165, 1.54) is 6.92 Å². The average molecular weight is 287 g/mol. The van der Waals surface area contributed by atoms with Crippen LogP contribution in [-0.4, -0.2) is 16.3 Å². The molecular formula is C9H7Cl2F3N2O. The van der Waals surface area contributed by atoms with E-state index in [1.807, 2.05) is 0 Å². The van der Waals surface area contributed by atoms with Crippen molar-refractivity contribution in [2.45, 2.75) is 18.5 Å². The fraction of sp³-hybridized carbons (Fsp3) is 0.333. The fourth-order valence-corrected chi connectivity index (χ4v) is 1.17. The van der Waals surface area contributed by atoms with Crippen LogP contribution in [0.2, 0.25) is 5.02 Å². The number of aromatic nitrogens is 1. The van der Waals surface area contributed by atoms with Gasteiger partial charge >= 0.3 is 6.18 Å². The van der Waals surface area contributed by atoms with Crippen LogP contribution in [0.3, 0.4) is 0 Å². The summed E-state index contributed by atoms with van der Waals surface area (Å²) in [5.41, 5.74) is -0.987. The van der Waals surface area contributed by atoms with Crippen molar-refractivity contribution in [3.8, 4) is 0 Å². The highest BCUT2D eigenvalue weighted by Gasteiger charge is 2.31. The first-order valence-electron chi connectivity index (χ1n) is 4.39. The predicted molar refractivity (Wildman–Crippen MR) is 58.2 cm³/mol. The highest BCUT2D eigenvalue weighted by molar-refractivity contribution is 6.35. The molecule has 1 amide bonds. The number of nitrogens with zero attached hydrogens (tertiary/aromatic N) is 1. The summed E-state index contributed by atoms with van der Waals surface area (Å²) in [6.07, 6.45) is -3.95. The normalized spacial score (nSPS) is 13.3. The molecule has 1 aromatic heterocycles. The minimum absolute atomic E-state index is 0.155. The molecule has 1 aromatic rings. The Morgan fingerprint density at radius 1 is 1.53 bits per heavy atom. The predicted octanol–water partition coefficient (Wildman–Crippen LogP) is 3.32. The Morgan fingerprint density at radius 3 is 2.53 bits per heavy atom. The summed E-state index contributed by atoms with van der Waals surface area (Å²) in [7, 11) is 0. The molecule has 8 heteroatoms. The summed E-state index contributed by atoms with van der Waals surface area (Å²) in [4.78, 5) is 14.6. The van der Waals surface area contributed by atoms with E-state index >= 15 is 0 Å².